The third-order valence-corrected chi connectivity index (χ3v) is 4.73. The average Bonchev–Trinajstić information content (AvgIpc) is 2.55. The molecule has 0 atom stereocenters. The molecule has 0 unspecified atom stereocenters. The number of nitrogen functional groups attached to an aromatic ring is 1. The molecule has 0 saturated carbocycles. The standard InChI is InChI=1S/C15H9ClFN3O4S/c16-10-2-1-7(17)3-8(10)15(21)13-9(5-18)14-12(4-11(13)19)24-6-25(22,23)20-14/h1-4,20H,6,19H2. The Morgan fingerprint density at radius 3 is 2.80 bits per heavy atom. The molecular weight excluding hydrogens is 373 g/mol. The lowest BCUT2D eigenvalue weighted by atomic mass is 9.95. The lowest BCUT2D eigenvalue weighted by Gasteiger charge is -2.22. The maximum absolute atomic E-state index is 13.5. The van der Waals surface area contributed by atoms with Crippen LogP contribution in [0.15, 0.2) is 24.3 Å². The van der Waals surface area contributed by atoms with Gasteiger partial charge < -0.3 is 10.5 Å². The van der Waals surface area contributed by atoms with Crippen LogP contribution in [0.1, 0.15) is 21.5 Å². The third-order valence-electron chi connectivity index (χ3n) is 3.46. The number of ketones is 1. The second kappa shape index (κ2) is 5.91. The van der Waals surface area contributed by atoms with Gasteiger partial charge in [-0.3, -0.25) is 9.52 Å². The highest BCUT2D eigenvalue weighted by Gasteiger charge is 2.30. The molecule has 3 rings (SSSR count). The summed E-state index contributed by atoms with van der Waals surface area (Å²) in [6, 6.07) is 6.13. The molecule has 128 valence electrons. The van der Waals surface area contributed by atoms with Crippen LogP contribution in [0.25, 0.3) is 0 Å². The number of anilines is 2. The van der Waals surface area contributed by atoms with Gasteiger partial charge in [0.25, 0.3) is 10.0 Å². The van der Waals surface area contributed by atoms with Crippen LogP contribution in [0.3, 0.4) is 0 Å². The van der Waals surface area contributed by atoms with E-state index in [9.17, 15) is 22.9 Å². The Morgan fingerprint density at radius 1 is 1.40 bits per heavy atom. The third kappa shape index (κ3) is 2.97. The van der Waals surface area contributed by atoms with Crippen LogP contribution < -0.4 is 15.2 Å². The predicted molar refractivity (Wildman–Crippen MR) is 88.4 cm³/mol. The number of sulfonamides is 1. The number of carbonyl (C=O) groups is 1. The van der Waals surface area contributed by atoms with Gasteiger partial charge in [0.05, 0.1) is 16.1 Å². The number of nitrogens with zero attached hydrogens (tertiary/aromatic N) is 1. The zero-order valence-corrected chi connectivity index (χ0v) is 13.9. The smallest absolute Gasteiger partial charge is 0.268 e. The molecule has 1 heterocycles. The molecule has 2 aromatic rings. The van der Waals surface area contributed by atoms with Gasteiger partial charge >= 0.3 is 0 Å². The van der Waals surface area contributed by atoms with E-state index in [1.165, 1.54) is 12.1 Å². The molecule has 0 spiro atoms. The average molecular weight is 382 g/mol. The molecule has 10 heteroatoms. The summed E-state index contributed by atoms with van der Waals surface area (Å²) in [7, 11) is -3.83. The van der Waals surface area contributed by atoms with E-state index in [0.717, 1.165) is 12.1 Å². The van der Waals surface area contributed by atoms with Gasteiger partial charge in [-0.15, -0.1) is 0 Å². The number of benzene rings is 2. The molecule has 2 aromatic carbocycles. The molecule has 0 aliphatic carbocycles. The van der Waals surface area contributed by atoms with Crippen molar-refractivity contribution >= 4 is 38.8 Å². The van der Waals surface area contributed by atoms with Crippen molar-refractivity contribution in [2.45, 2.75) is 0 Å². The fourth-order valence-electron chi connectivity index (χ4n) is 2.38. The molecule has 0 saturated heterocycles. The summed E-state index contributed by atoms with van der Waals surface area (Å²) in [5.74, 6) is -2.14. The first-order valence-corrected chi connectivity index (χ1v) is 8.76. The van der Waals surface area contributed by atoms with E-state index in [4.69, 9.17) is 22.1 Å². The van der Waals surface area contributed by atoms with Crippen LogP contribution in [0.5, 0.6) is 5.75 Å². The zero-order chi connectivity index (χ0) is 18.4. The minimum atomic E-state index is -3.83. The summed E-state index contributed by atoms with van der Waals surface area (Å²) in [4.78, 5) is 12.8. The Bertz CT molecular complexity index is 1060. The number of nitriles is 1. The van der Waals surface area contributed by atoms with Crippen LogP contribution in [0.2, 0.25) is 5.02 Å². The van der Waals surface area contributed by atoms with Crippen molar-refractivity contribution in [1.29, 1.82) is 5.26 Å². The van der Waals surface area contributed by atoms with Gasteiger partial charge in [-0.2, -0.15) is 5.26 Å². The number of carbonyl (C=O) groups excluding carboxylic acids is 1. The molecule has 0 fully saturated rings. The van der Waals surface area contributed by atoms with Crippen LogP contribution >= 0.6 is 11.6 Å². The molecule has 25 heavy (non-hydrogen) atoms. The number of ether oxygens (including phenoxy) is 1. The number of halogens is 2. The van der Waals surface area contributed by atoms with E-state index in [0.29, 0.717) is 0 Å². The van der Waals surface area contributed by atoms with E-state index in [1.54, 1.807) is 6.07 Å². The fraction of sp³-hybridized carbons (Fsp3) is 0.0667. The Labute approximate surface area is 146 Å². The summed E-state index contributed by atoms with van der Waals surface area (Å²) in [6.45, 7) is 0. The first-order chi connectivity index (χ1) is 11.7. The highest BCUT2D eigenvalue weighted by Crippen LogP contribution is 2.39. The van der Waals surface area contributed by atoms with Gasteiger partial charge in [-0.05, 0) is 18.2 Å². The van der Waals surface area contributed by atoms with Crippen molar-refractivity contribution in [3.8, 4) is 11.8 Å². The molecular formula is C15H9ClFN3O4S. The van der Waals surface area contributed by atoms with E-state index >= 15 is 0 Å². The van der Waals surface area contributed by atoms with E-state index < -0.39 is 27.6 Å². The number of fused-ring (bicyclic) bond motifs is 1. The topological polar surface area (TPSA) is 122 Å². The fourth-order valence-corrected chi connectivity index (χ4v) is 3.44. The Balaban J connectivity index is 2.25. The predicted octanol–water partition coefficient (Wildman–Crippen LogP) is 2.26. The molecule has 1 aliphatic heterocycles. The maximum Gasteiger partial charge on any atom is 0.268 e. The van der Waals surface area contributed by atoms with Crippen LogP contribution in [-0.4, -0.2) is 20.1 Å². The molecule has 0 amide bonds. The van der Waals surface area contributed by atoms with Gasteiger partial charge in [0.1, 0.15) is 23.3 Å². The van der Waals surface area contributed by atoms with Crippen molar-refractivity contribution in [2.24, 2.45) is 0 Å². The van der Waals surface area contributed by atoms with Crippen LogP contribution in [-0.2, 0) is 10.0 Å². The second-order valence-electron chi connectivity index (χ2n) is 5.13. The quantitative estimate of drug-likeness (QED) is 0.607. The number of rotatable bonds is 2. The van der Waals surface area contributed by atoms with Crippen molar-refractivity contribution in [1.82, 2.24) is 0 Å². The second-order valence-corrected chi connectivity index (χ2v) is 7.21. The monoisotopic (exact) mass is 381 g/mol. The van der Waals surface area contributed by atoms with Crippen molar-refractivity contribution in [3.05, 3.63) is 51.8 Å². The molecule has 0 aromatic heterocycles. The Morgan fingerprint density at radius 2 is 2.12 bits per heavy atom. The van der Waals surface area contributed by atoms with Gasteiger partial charge in [0.15, 0.2) is 5.78 Å². The minimum absolute atomic E-state index is 0.0192. The molecule has 3 N–H and O–H groups in total. The highest BCUT2D eigenvalue weighted by molar-refractivity contribution is 7.92. The van der Waals surface area contributed by atoms with Crippen LogP contribution in [0, 0.1) is 17.1 Å². The summed E-state index contributed by atoms with van der Waals surface area (Å²) >= 11 is 5.93. The Kier molecular flexibility index (Phi) is 4.02. The number of hydrogen-bond acceptors (Lipinski definition) is 6. The van der Waals surface area contributed by atoms with Crippen molar-refractivity contribution < 1.29 is 22.3 Å². The Hall–Kier alpha value is -2.83. The molecule has 1 aliphatic rings. The van der Waals surface area contributed by atoms with E-state index in [1.807, 2.05) is 0 Å². The van der Waals surface area contributed by atoms with Crippen molar-refractivity contribution in [3.63, 3.8) is 0 Å². The molecule has 0 radical (unpaired) electrons. The summed E-state index contributed by atoms with van der Waals surface area (Å²) in [5.41, 5.74) is 4.71. The number of hydrogen-bond donors (Lipinski definition) is 2. The molecule has 0 bridgehead atoms. The van der Waals surface area contributed by atoms with E-state index in [2.05, 4.69) is 4.72 Å². The summed E-state index contributed by atoms with van der Waals surface area (Å²) < 4.78 is 44.1. The zero-order valence-electron chi connectivity index (χ0n) is 12.3. The lowest BCUT2D eigenvalue weighted by Crippen LogP contribution is -2.27. The van der Waals surface area contributed by atoms with Gasteiger partial charge in [0, 0.05) is 17.3 Å². The first-order valence-electron chi connectivity index (χ1n) is 6.73. The maximum atomic E-state index is 13.5. The molecule has 7 nitrogen and oxygen atoms in total. The first kappa shape index (κ1) is 17.0. The van der Waals surface area contributed by atoms with E-state index in [-0.39, 0.29) is 38.8 Å². The number of nitrogens with two attached hydrogens (primary N) is 1. The van der Waals surface area contributed by atoms with Gasteiger partial charge in [0.2, 0.25) is 5.94 Å². The van der Waals surface area contributed by atoms with Gasteiger partial charge in [-0.1, -0.05) is 11.6 Å². The van der Waals surface area contributed by atoms with Crippen molar-refractivity contribution in [2.75, 3.05) is 16.4 Å². The highest BCUT2D eigenvalue weighted by atomic mass is 35.5. The lowest BCUT2D eigenvalue weighted by molar-refractivity contribution is 0.103. The number of nitrogens with one attached hydrogen (secondary N) is 1. The SMILES string of the molecule is N#Cc1c2c(cc(N)c1C(=O)c1cc(F)ccc1Cl)OCS(=O)(=O)N2. The summed E-state index contributed by atoms with van der Waals surface area (Å²) in [6.07, 6.45) is 0. The summed E-state index contributed by atoms with van der Waals surface area (Å²) in [5, 5.41) is 9.40. The minimum Gasteiger partial charge on any atom is -0.473 e. The normalized spacial score (nSPS) is 14.6. The van der Waals surface area contributed by atoms with Crippen LogP contribution in [0.4, 0.5) is 15.8 Å². The van der Waals surface area contributed by atoms with Gasteiger partial charge in [-0.25, -0.2) is 12.8 Å². The largest absolute Gasteiger partial charge is 0.473 e.